The summed E-state index contributed by atoms with van der Waals surface area (Å²) >= 11 is 0. The molecule has 1 fully saturated rings. The van der Waals surface area contributed by atoms with Crippen LogP contribution in [0.3, 0.4) is 0 Å². The average Bonchev–Trinajstić information content (AvgIpc) is 3.16. The molecule has 2 aromatic rings. The van der Waals surface area contributed by atoms with E-state index in [2.05, 4.69) is 20.2 Å². The predicted molar refractivity (Wildman–Crippen MR) is 95.6 cm³/mol. The lowest BCUT2D eigenvalue weighted by Gasteiger charge is -2.25. The fourth-order valence-electron chi connectivity index (χ4n) is 3.00. The monoisotopic (exact) mass is 359 g/mol. The molecule has 3 rings (SSSR count). The van der Waals surface area contributed by atoms with E-state index in [4.69, 9.17) is 4.74 Å². The maximum Gasteiger partial charge on any atom is 0.317 e. The fourth-order valence-corrected chi connectivity index (χ4v) is 3.00. The zero-order chi connectivity index (χ0) is 18.5. The van der Waals surface area contributed by atoms with E-state index >= 15 is 0 Å². The number of methoxy groups -OCH3 is 1. The number of likely N-dealkylation sites (N-methyl/N-ethyl adjacent to an activating group) is 1. The largest absolute Gasteiger partial charge is 0.478 e. The van der Waals surface area contributed by atoms with Crippen molar-refractivity contribution in [3.8, 4) is 5.88 Å². The summed E-state index contributed by atoms with van der Waals surface area (Å²) in [5, 5.41) is 2.87. The number of nitrogens with one attached hydrogen (secondary N) is 1. The summed E-state index contributed by atoms with van der Waals surface area (Å²) in [5.74, 6) is 0.886. The summed E-state index contributed by atoms with van der Waals surface area (Å²) in [5.41, 5.74) is 0.852. The lowest BCUT2D eigenvalue weighted by Crippen LogP contribution is -2.44. The van der Waals surface area contributed by atoms with E-state index in [1.165, 1.54) is 12.1 Å². The van der Waals surface area contributed by atoms with Crippen LogP contribution in [-0.4, -0.2) is 54.2 Å². The lowest BCUT2D eigenvalue weighted by molar-refractivity contribution is 0.194. The van der Waals surface area contributed by atoms with Gasteiger partial charge >= 0.3 is 6.03 Å². The molecule has 2 amide bonds. The first kappa shape index (κ1) is 17.9. The Bertz CT molecular complexity index is 756. The first-order chi connectivity index (χ1) is 12.6. The van der Waals surface area contributed by atoms with Crippen molar-refractivity contribution >= 4 is 11.8 Å². The molecule has 1 aliphatic rings. The van der Waals surface area contributed by atoms with E-state index in [-0.39, 0.29) is 17.9 Å². The Labute approximate surface area is 151 Å². The third-order valence-electron chi connectivity index (χ3n) is 4.53. The minimum Gasteiger partial charge on any atom is -0.478 e. The number of nitrogens with zero attached hydrogens (tertiary/aromatic N) is 4. The van der Waals surface area contributed by atoms with Crippen molar-refractivity contribution in [2.75, 3.05) is 32.1 Å². The minimum atomic E-state index is -0.289. The first-order valence-electron chi connectivity index (χ1n) is 8.43. The Kier molecular flexibility index (Phi) is 5.50. The van der Waals surface area contributed by atoms with Gasteiger partial charge in [-0.25, -0.2) is 19.2 Å². The molecular formula is C18H22FN5O2. The predicted octanol–water partition coefficient (Wildman–Crippen LogP) is 2.04. The molecule has 1 aliphatic heterocycles. The zero-order valence-electron chi connectivity index (χ0n) is 14.9. The van der Waals surface area contributed by atoms with Crippen molar-refractivity contribution in [2.45, 2.75) is 19.0 Å². The molecule has 0 unspecified atom stereocenters. The number of carbonyl (C=O) groups excluding carboxylic acids is 1. The molecule has 1 aromatic heterocycles. The third kappa shape index (κ3) is 4.01. The molecular weight excluding hydrogens is 337 g/mol. The number of urea groups is 1. The van der Waals surface area contributed by atoms with Crippen molar-refractivity contribution in [3.05, 3.63) is 48.0 Å². The Hall–Kier alpha value is -2.90. The fraction of sp³-hybridized carbons (Fsp3) is 0.389. The molecule has 1 N–H and O–H groups in total. The second-order valence-corrected chi connectivity index (χ2v) is 6.17. The molecule has 8 heteroatoms. The number of aromatic nitrogens is 2. The van der Waals surface area contributed by atoms with Gasteiger partial charge in [0.1, 0.15) is 5.82 Å². The lowest BCUT2D eigenvalue weighted by atomic mass is 10.2. The summed E-state index contributed by atoms with van der Waals surface area (Å²) in [6.45, 7) is 1.79. The Balaban J connectivity index is 1.56. The van der Waals surface area contributed by atoms with Gasteiger partial charge in [0.25, 0.3) is 5.88 Å². The summed E-state index contributed by atoms with van der Waals surface area (Å²) in [7, 11) is 3.35. The van der Waals surface area contributed by atoms with Crippen LogP contribution in [0.2, 0.25) is 0 Å². The van der Waals surface area contributed by atoms with Crippen molar-refractivity contribution in [3.63, 3.8) is 0 Å². The average molecular weight is 359 g/mol. The quantitative estimate of drug-likeness (QED) is 0.885. The highest BCUT2D eigenvalue weighted by Crippen LogP contribution is 2.27. The third-order valence-corrected chi connectivity index (χ3v) is 4.53. The number of amides is 2. The molecule has 2 heterocycles. The van der Waals surface area contributed by atoms with Gasteiger partial charge in [-0.05, 0) is 24.1 Å². The van der Waals surface area contributed by atoms with Gasteiger partial charge in [-0.15, -0.1) is 0 Å². The van der Waals surface area contributed by atoms with Gasteiger partial charge in [-0.1, -0.05) is 12.1 Å². The van der Waals surface area contributed by atoms with E-state index in [0.717, 1.165) is 18.5 Å². The van der Waals surface area contributed by atoms with Gasteiger partial charge < -0.3 is 19.9 Å². The standard InChI is InChI=1S/C18H22FN5O2/c1-23(18(25)22-11-13-3-5-14(19)6-4-13)15-7-10-24(12-15)16-17(26-2)21-9-8-20-16/h3-6,8-9,15H,7,10-12H2,1-2H3,(H,22,25)/t15-/m0/s1. The molecule has 0 spiro atoms. The molecule has 1 aromatic carbocycles. The number of rotatable bonds is 5. The summed E-state index contributed by atoms with van der Waals surface area (Å²) in [4.78, 5) is 24.7. The van der Waals surface area contributed by atoms with Gasteiger partial charge in [0.05, 0.1) is 13.2 Å². The summed E-state index contributed by atoms with van der Waals surface area (Å²) < 4.78 is 18.2. The van der Waals surface area contributed by atoms with E-state index in [1.807, 2.05) is 0 Å². The van der Waals surface area contributed by atoms with Gasteiger partial charge in [-0.3, -0.25) is 0 Å². The Morgan fingerprint density at radius 1 is 1.35 bits per heavy atom. The van der Waals surface area contributed by atoms with E-state index < -0.39 is 0 Å². The van der Waals surface area contributed by atoms with Crippen LogP contribution in [0.5, 0.6) is 5.88 Å². The molecule has 1 saturated heterocycles. The first-order valence-corrected chi connectivity index (χ1v) is 8.43. The van der Waals surface area contributed by atoms with Gasteiger partial charge in [0, 0.05) is 39.1 Å². The number of carbonyl (C=O) groups is 1. The normalized spacial score (nSPS) is 16.4. The molecule has 7 nitrogen and oxygen atoms in total. The van der Waals surface area contributed by atoms with Crippen molar-refractivity contribution < 1.29 is 13.9 Å². The number of benzene rings is 1. The number of hydrogen-bond acceptors (Lipinski definition) is 5. The van der Waals surface area contributed by atoms with E-state index in [0.29, 0.717) is 24.8 Å². The maximum atomic E-state index is 12.9. The van der Waals surface area contributed by atoms with Crippen LogP contribution in [0.15, 0.2) is 36.7 Å². The highest BCUT2D eigenvalue weighted by atomic mass is 19.1. The molecule has 0 bridgehead atoms. The summed E-state index contributed by atoms with van der Waals surface area (Å²) in [6, 6.07) is 5.99. The van der Waals surface area contributed by atoms with Crippen molar-refractivity contribution in [1.82, 2.24) is 20.2 Å². The SMILES string of the molecule is COc1nccnc1N1CC[C@H](N(C)C(=O)NCc2ccc(F)cc2)C1. The highest BCUT2D eigenvalue weighted by Gasteiger charge is 2.30. The zero-order valence-corrected chi connectivity index (χ0v) is 14.9. The minimum absolute atomic E-state index is 0.0648. The number of halogens is 1. The number of ether oxygens (including phenoxy) is 1. The van der Waals surface area contributed by atoms with Crippen LogP contribution in [0.4, 0.5) is 15.0 Å². The molecule has 138 valence electrons. The van der Waals surface area contributed by atoms with Crippen LogP contribution in [0.1, 0.15) is 12.0 Å². The molecule has 0 radical (unpaired) electrons. The number of anilines is 1. The molecule has 1 atom stereocenters. The maximum absolute atomic E-state index is 12.9. The van der Waals surface area contributed by atoms with E-state index in [9.17, 15) is 9.18 Å². The molecule has 26 heavy (non-hydrogen) atoms. The van der Waals surface area contributed by atoms with Crippen LogP contribution < -0.4 is 15.0 Å². The van der Waals surface area contributed by atoms with Gasteiger partial charge in [-0.2, -0.15) is 0 Å². The molecule has 0 saturated carbocycles. The molecule has 0 aliphatic carbocycles. The summed E-state index contributed by atoms with van der Waals surface area (Å²) in [6.07, 6.45) is 4.05. The van der Waals surface area contributed by atoms with Crippen molar-refractivity contribution in [2.24, 2.45) is 0 Å². The Morgan fingerprint density at radius 3 is 2.81 bits per heavy atom. The second kappa shape index (κ2) is 7.99. The highest BCUT2D eigenvalue weighted by molar-refractivity contribution is 5.74. The van der Waals surface area contributed by atoms with E-state index in [1.54, 1.807) is 43.6 Å². The van der Waals surface area contributed by atoms with Crippen LogP contribution >= 0.6 is 0 Å². The Morgan fingerprint density at radius 2 is 2.08 bits per heavy atom. The van der Waals surface area contributed by atoms with Crippen molar-refractivity contribution in [1.29, 1.82) is 0 Å². The van der Waals surface area contributed by atoms with Crippen LogP contribution in [-0.2, 0) is 6.54 Å². The topological polar surface area (TPSA) is 70.6 Å². The van der Waals surface area contributed by atoms with Gasteiger partial charge in [0.2, 0.25) is 0 Å². The van der Waals surface area contributed by atoms with Crippen LogP contribution in [0.25, 0.3) is 0 Å². The second-order valence-electron chi connectivity index (χ2n) is 6.17. The smallest absolute Gasteiger partial charge is 0.317 e. The number of hydrogen-bond donors (Lipinski definition) is 1. The van der Waals surface area contributed by atoms with Gasteiger partial charge in [0.15, 0.2) is 5.82 Å². The van der Waals surface area contributed by atoms with Crippen LogP contribution in [0, 0.1) is 5.82 Å².